The number of hydrogen-bond donors (Lipinski definition) is 1. The lowest BCUT2D eigenvalue weighted by atomic mass is 9.79. The molecule has 2 heterocycles. The monoisotopic (exact) mass is 520 g/mol. The number of aliphatic hydroxyl groups excluding tert-OH is 1. The molecule has 0 aliphatic carbocycles. The van der Waals surface area contributed by atoms with Gasteiger partial charge in [-0.05, 0) is 30.2 Å². The Kier molecular flexibility index (Phi) is 6.52. The van der Waals surface area contributed by atoms with Crippen LogP contribution in [-0.4, -0.2) is 34.0 Å². The molecule has 2 aromatic carbocycles. The maximum absolute atomic E-state index is 14.8. The number of methoxy groups -OCH3 is 1. The van der Waals surface area contributed by atoms with Crippen LogP contribution in [0.25, 0.3) is 5.70 Å². The molecule has 0 amide bonds. The van der Waals surface area contributed by atoms with Crippen molar-refractivity contribution in [3.05, 3.63) is 88.2 Å². The minimum atomic E-state index is -5.97. The Bertz CT molecular complexity index is 1360. The van der Waals surface area contributed by atoms with Crippen molar-refractivity contribution in [1.82, 2.24) is 9.78 Å². The molecule has 0 fully saturated rings. The maximum Gasteiger partial charge on any atom is 0.459 e. The molecule has 0 spiro atoms. The molecule has 0 saturated heterocycles. The van der Waals surface area contributed by atoms with Gasteiger partial charge in [-0.3, -0.25) is 4.79 Å². The molecule has 1 aromatic heterocycles. The lowest BCUT2D eigenvalue weighted by Crippen LogP contribution is -2.36. The van der Waals surface area contributed by atoms with Gasteiger partial charge in [0, 0.05) is 23.1 Å². The molecular weight excluding hydrogens is 495 g/mol. The highest BCUT2D eigenvalue weighted by Crippen LogP contribution is 2.51. The molecule has 1 N–H and O–H groups in total. The summed E-state index contributed by atoms with van der Waals surface area (Å²) in [5.41, 5.74) is -2.36. The van der Waals surface area contributed by atoms with Crippen molar-refractivity contribution in [3.8, 4) is 5.75 Å². The van der Waals surface area contributed by atoms with Crippen LogP contribution in [0.1, 0.15) is 66.2 Å². The number of carbonyl (C=O) groups excluding carboxylic acids is 1. The second kappa shape index (κ2) is 9.09. The predicted octanol–water partition coefficient (Wildman–Crippen LogP) is 6.42. The van der Waals surface area contributed by atoms with Crippen molar-refractivity contribution >= 4 is 11.5 Å². The highest BCUT2D eigenvalue weighted by atomic mass is 19.4. The average molecular weight is 520 g/mol. The van der Waals surface area contributed by atoms with E-state index in [0.29, 0.717) is 16.9 Å². The lowest BCUT2D eigenvalue weighted by Gasteiger charge is -2.23. The summed E-state index contributed by atoms with van der Waals surface area (Å²) in [6.45, 7) is 4.93. The number of hydrogen-bond acceptors (Lipinski definition) is 4. The zero-order valence-electron chi connectivity index (χ0n) is 20.5. The van der Waals surface area contributed by atoms with Crippen molar-refractivity contribution in [2.24, 2.45) is 0 Å². The van der Waals surface area contributed by atoms with Crippen LogP contribution >= 0.6 is 0 Å². The third kappa shape index (κ3) is 4.33. The van der Waals surface area contributed by atoms with Gasteiger partial charge in [0.05, 0.1) is 24.5 Å². The minimum absolute atomic E-state index is 0.0438. The molecule has 0 bridgehead atoms. The summed E-state index contributed by atoms with van der Waals surface area (Å²) in [7, 11) is 1.49. The summed E-state index contributed by atoms with van der Waals surface area (Å²) in [4.78, 5) is 13.4. The highest BCUT2D eigenvalue weighted by molar-refractivity contribution is 6.11. The number of aliphatic hydroxyl groups is 1. The number of ketones is 1. The normalized spacial score (nSPS) is 16.1. The molecule has 5 nitrogen and oxygen atoms in total. The van der Waals surface area contributed by atoms with Gasteiger partial charge in [-0.2, -0.15) is 27.1 Å². The first-order chi connectivity index (χ1) is 17.2. The Labute approximate surface area is 210 Å². The Balaban J connectivity index is 1.89. The van der Waals surface area contributed by atoms with Crippen molar-refractivity contribution in [1.29, 1.82) is 0 Å². The molecule has 0 saturated carbocycles. The third-order valence-electron chi connectivity index (χ3n) is 6.91. The van der Waals surface area contributed by atoms with Crippen LogP contribution in [0.2, 0.25) is 0 Å². The number of fused-ring (bicyclic) bond motifs is 1. The molecule has 0 radical (unpaired) electrons. The Morgan fingerprint density at radius 3 is 2.19 bits per heavy atom. The molecule has 3 aromatic rings. The van der Waals surface area contributed by atoms with Crippen LogP contribution in [-0.2, 0) is 11.3 Å². The molecule has 1 atom stereocenters. The Hall–Kier alpha value is -3.53. The SMILES string of the molecule is COc1ccc(C(O)CC2=C(C)C(C)(C)c3c(C(=O)c4ccccc4)c(C(F)(F)C(F)(F)F)nn32)cc1. The van der Waals surface area contributed by atoms with E-state index < -0.39 is 40.7 Å². The topological polar surface area (TPSA) is 64.3 Å². The first-order valence-electron chi connectivity index (χ1n) is 11.4. The third-order valence-corrected chi connectivity index (χ3v) is 6.91. The zero-order chi connectivity index (χ0) is 27.3. The van der Waals surface area contributed by atoms with E-state index in [9.17, 15) is 31.9 Å². The number of benzene rings is 2. The Morgan fingerprint density at radius 2 is 1.65 bits per heavy atom. The van der Waals surface area contributed by atoms with Gasteiger partial charge in [-0.15, -0.1) is 0 Å². The van der Waals surface area contributed by atoms with Crippen molar-refractivity contribution in [3.63, 3.8) is 0 Å². The second-order valence-electron chi connectivity index (χ2n) is 9.44. The van der Waals surface area contributed by atoms with E-state index in [4.69, 9.17) is 4.74 Å². The number of ether oxygens (including phenoxy) is 1. The van der Waals surface area contributed by atoms with E-state index in [2.05, 4.69) is 5.10 Å². The quantitative estimate of drug-likeness (QED) is 0.288. The van der Waals surface area contributed by atoms with Crippen molar-refractivity contribution in [2.75, 3.05) is 7.11 Å². The van der Waals surface area contributed by atoms with Gasteiger partial charge in [-0.25, -0.2) is 4.68 Å². The fourth-order valence-corrected chi connectivity index (χ4v) is 4.56. The van der Waals surface area contributed by atoms with Gasteiger partial charge >= 0.3 is 12.1 Å². The minimum Gasteiger partial charge on any atom is -0.497 e. The summed E-state index contributed by atoms with van der Waals surface area (Å²) in [6, 6.07) is 13.8. The van der Waals surface area contributed by atoms with E-state index >= 15 is 0 Å². The average Bonchev–Trinajstić information content (AvgIpc) is 3.35. The van der Waals surface area contributed by atoms with Gasteiger partial charge in [-0.1, -0.05) is 56.3 Å². The van der Waals surface area contributed by atoms with Crippen LogP contribution in [0.3, 0.4) is 0 Å². The van der Waals surface area contributed by atoms with Crippen LogP contribution in [0.15, 0.2) is 60.2 Å². The summed E-state index contributed by atoms with van der Waals surface area (Å²) in [6.07, 6.45) is -7.23. The zero-order valence-corrected chi connectivity index (χ0v) is 20.5. The molecule has 10 heteroatoms. The highest BCUT2D eigenvalue weighted by Gasteiger charge is 2.63. The van der Waals surface area contributed by atoms with E-state index in [0.717, 1.165) is 4.68 Å². The first-order valence-corrected chi connectivity index (χ1v) is 11.4. The number of nitrogens with zero attached hydrogens (tertiary/aromatic N) is 2. The van der Waals surface area contributed by atoms with E-state index in [1.54, 1.807) is 51.1 Å². The van der Waals surface area contributed by atoms with E-state index in [1.165, 1.54) is 31.4 Å². The standard InChI is InChI=1S/C27H25F5N2O3/c1-15-19(14-20(35)16-10-12-18(37-4)13-11-16)34-24(25(15,2)3)21(22(36)17-8-6-5-7-9-17)23(33-34)26(28,29)27(30,31)32/h5-13,20,35H,14H2,1-4H3. The molecule has 1 unspecified atom stereocenters. The number of alkyl halides is 5. The number of carbonyl (C=O) groups is 1. The molecular formula is C27H25F5N2O3. The largest absolute Gasteiger partial charge is 0.497 e. The second-order valence-corrected chi connectivity index (χ2v) is 9.44. The predicted molar refractivity (Wildman–Crippen MR) is 127 cm³/mol. The van der Waals surface area contributed by atoms with Gasteiger partial charge in [0.25, 0.3) is 0 Å². The fraction of sp³-hybridized carbons (Fsp3) is 0.333. The molecule has 4 rings (SSSR count). The van der Waals surface area contributed by atoms with Crippen molar-refractivity contribution < 1.29 is 36.6 Å². The number of aromatic nitrogens is 2. The van der Waals surface area contributed by atoms with E-state index in [1.807, 2.05) is 0 Å². The van der Waals surface area contributed by atoms with Crippen LogP contribution in [0.4, 0.5) is 22.0 Å². The van der Waals surface area contributed by atoms with Crippen LogP contribution in [0, 0.1) is 0 Å². The number of halogens is 5. The number of allylic oxidation sites excluding steroid dienone is 1. The molecule has 37 heavy (non-hydrogen) atoms. The van der Waals surface area contributed by atoms with Gasteiger partial charge in [0.1, 0.15) is 5.75 Å². The van der Waals surface area contributed by atoms with Crippen LogP contribution < -0.4 is 4.74 Å². The van der Waals surface area contributed by atoms with E-state index in [-0.39, 0.29) is 23.4 Å². The van der Waals surface area contributed by atoms with Crippen molar-refractivity contribution in [2.45, 2.75) is 50.8 Å². The summed E-state index contributed by atoms with van der Waals surface area (Å²) < 4.78 is 76.2. The van der Waals surface area contributed by atoms with Crippen LogP contribution in [0.5, 0.6) is 5.75 Å². The smallest absolute Gasteiger partial charge is 0.459 e. The molecule has 196 valence electrons. The van der Waals surface area contributed by atoms with Gasteiger partial charge in [0.2, 0.25) is 0 Å². The lowest BCUT2D eigenvalue weighted by molar-refractivity contribution is -0.291. The summed E-state index contributed by atoms with van der Waals surface area (Å²) in [5.74, 6) is -5.81. The maximum atomic E-state index is 14.8. The Morgan fingerprint density at radius 1 is 1.05 bits per heavy atom. The fourth-order valence-electron chi connectivity index (χ4n) is 4.56. The summed E-state index contributed by atoms with van der Waals surface area (Å²) in [5, 5.41) is 14.6. The molecule has 1 aliphatic heterocycles. The summed E-state index contributed by atoms with van der Waals surface area (Å²) >= 11 is 0. The first kappa shape index (κ1) is 26.5. The number of rotatable bonds is 7. The molecule has 1 aliphatic rings. The van der Waals surface area contributed by atoms with Gasteiger partial charge in [0.15, 0.2) is 11.5 Å². The van der Waals surface area contributed by atoms with Gasteiger partial charge < -0.3 is 9.84 Å².